The van der Waals surface area contributed by atoms with Crippen LogP contribution in [0.3, 0.4) is 0 Å². The van der Waals surface area contributed by atoms with Gasteiger partial charge in [-0.3, -0.25) is 4.90 Å². The second-order valence-electron chi connectivity index (χ2n) is 6.34. The molecule has 0 saturated carbocycles. The van der Waals surface area contributed by atoms with E-state index in [4.69, 9.17) is 4.98 Å². The highest BCUT2D eigenvalue weighted by Crippen LogP contribution is 2.25. The van der Waals surface area contributed by atoms with Crippen molar-refractivity contribution in [2.75, 3.05) is 25.0 Å². The molecule has 0 N–H and O–H groups in total. The summed E-state index contributed by atoms with van der Waals surface area (Å²) in [5, 5.41) is 9.48. The second kappa shape index (κ2) is 6.83. The van der Waals surface area contributed by atoms with Crippen molar-refractivity contribution in [2.24, 2.45) is 0 Å². The Morgan fingerprint density at radius 2 is 2.17 bits per heavy atom. The lowest BCUT2D eigenvalue weighted by molar-refractivity contribution is 0.302. The first kappa shape index (κ1) is 15.5. The lowest BCUT2D eigenvalue weighted by Gasteiger charge is -2.28. The lowest BCUT2D eigenvalue weighted by atomic mass is 10.2. The van der Waals surface area contributed by atoms with Crippen LogP contribution < -0.4 is 4.90 Å². The van der Waals surface area contributed by atoms with Crippen molar-refractivity contribution in [3.05, 3.63) is 47.6 Å². The van der Waals surface area contributed by atoms with Crippen molar-refractivity contribution in [2.45, 2.75) is 25.4 Å². The zero-order chi connectivity index (χ0) is 16.4. The summed E-state index contributed by atoms with van der Waals surface area (Å²) in [7, 11) is 2.18. The molecule has 3 aromatic rings. The molecule has 1 aliphatic rings. The van der Waals surface area contributed by atoms with E-state index in [9.17, 15) is 0 Å². The summed E-state index contributed by atoms with van der Waals surface area (Å²) in [6.07, 6.45) is 4.16. The van der Waals surface area contributed by atoms with E-state index in [1.165, 1.54) is 22.5 Å². The Morgan fingerprint density at radius 1 is 1.25 bits per heavy atom. The Hall–Kier alpha value is -2.05. The van der Waals surface area contributed by atoms with Gasteiger partial charge in [-0.1, -0.05) is 12.1 Å². The predicted octanol–water partition coefficient (Wildman–Crippen LogP) is 3.19. The van der Waals surface area contributed by atoms with E-state index in [0.29, 0.717) is 6.04 Å². The number of nitrogens with zero attached hydrogens (tertiary/aromatic N) is 5. The average Bonchev–Trinajstić information content (AvgIpc) is 3.21. The number of likely N-dealkylation sites (N-methyl/N-ethyl adjacent to an activating group) is 1. The topological polar surface area (TPSA) is 45.2 Å². The Morgan fingerprint density at radius 3 is 3.00 bits per heavy atom. The van der Waals surface area contributed by atoms with E-state index in [1.54, 1.807) is 17.5 Å². The molecule has 0 aliphatic carbocycles. The molecule has 0 spiro atoms. The monoisotopic (exact) mass is 339 g/mol. The highest BCUT2D eigenvalue weighted by atomic mass is 32.1. The van der Waals surface area contributed by atoms with Gasteiger partial charge < -0.3 is 4.90 Å². The third-order valence-corrected chi connectivity index (χ3v) is 5.52. The van der Waals surface area contributed by atoms with Crippen molar-refractivity contribution >= 4 is 27.4 Å². The van der Waals surface area contributed by atoms with Crippen LogP contribution in [0.2, 0.25) is 0 Å². The summed E-state index contributed by atoms with van der Waals surface area (Å²) in [6, 6.07) is 12.9. The lowest BCUT2D eigenvalue weighted by Crippen LogP contribution is -2.39. The van der Waals surface area contributed by atoms with Crippen LogP contribution in [0.25, 0.3) is 10.2 Å². The number of anilines is 1. The maximum atomic E-state index is 4.75. The molecule has 1 aromatic carbocycles. The molecular weight excluding hydrogens is 318 g/mol. The molecule has 1 fully saturated rings. The second-order valence-corrected chi connectivity index (χ2v) is 7.46. The molecular formula is C18H21N5S. The van der Waals surface area contributed by atoms with Crippen molar-refractivity contribution in [3.63, 3.8) is 0 Å². The van der Waals surface area contributed by atoms with E-state index < -0.39 is 0 Å². The Balaban J connectivity index is 1.42. The van der Waals surface area contributed by atoms with Gasteiger partial charge in [0.05, 0.1) is 16.8 Å². The van der Waals surface area contributed by atoms with Crippen molar-refractivity contribution < 1.29 is 0 Å². The van der Waals surface area contributed by atoms with E-state index in [-0.39, 0.29) is 0 Å². The molecule has 1 aliphatic heterocycles. The van der Waals surface area contributed by atoms with E-state index in [2.05, 4.69) is 51.3 Å². The van der Waals surface area contributed by atoms with E-state index >= 15 is 0 Å². The minimum Gasteiger partial charge on any atom is -0.351 e. The van der Waals surface area contributed by atoms with Crippen LogP contribution in [-0.4, -0.2) is 46.3 Å². The molecule has 1 saturated heterocycles. The van der Waals surface area contributed by atoms with Crippen LogP contribution in [0.5, 0.6) is 0 Å². The molecule has 1 atom stereocenters. The van der Waals surface area contributed by atoms with Crippen LogP contribution >= 0.6 is 11.3 Å². The maximum Gasteiger partial charge on any atom is 0.151 e. The van der Waals surface area contributed by atoms with Crippen LogP contribution in [0.1, 0.15) is 17.8 Å². The number of hydrogen-bond donors (Lipinski definition) is 0. The predicted molar refractivity (Wildman–Crippen MR) is 98.4 cm³/mol. The van der Waals surface area contributed by atoms with Gasteiger partial charge in [0, 0.05) is 25.3 Å². The normalized spacial score (nSPS) is 17.9. The first-order valence-corrected chi connectivity index (χ1v) is 9.18. The fourth-order valence-electron chi connectivity index (χ4n) is 3.42. The van der Waals surface area contributed by atoms with Gasteiger partial charge in [-0.15, -0.1) is 16.4 Å². The molecule has 5 nitrogen and oxygen atoms in total. The zero-order valence-electron chi connectivity index (χ0n) is 13.8. The average molecular weight is 339 g/mol. The minimum atomic E-state index is 0.501. The Bertz CT molecular complexity index is 770. The van der Waals surface area contributed by atoms with Gasteiger partial charge in [0.1, 0.15) is 5.01 Å². The van der Waals surface area contributed by atoms with Crippen molar-refractivity contribution in [1.29, 1.82) is 0 Å². The summed E-state index contributed by atoms with van der Waals surface area (Å²) in [5.41, 5.74) is 1.10. The van der Waals surface area contributed by atoms with Gasteiger partial charge in [-0.05, 0) is 44.2 Å². The highest BCUT2D eigenvalue weighted by Gasteiger charge is 2.27. The summed E-state index contributed by atoms with van der Waals surface area (Å²) in [4.78, 5) is 9.51. The van der Waals surface area contributed by atoms with Crippen LogP contribution in [0.15, 0.2) is 42.6 Å². The van der Waals surface area contributed by atoms with Gasteiger partial charge in [0.25, 0.3) is 0 Å². The Kier molecular flexibility index (Phi) is 4.40. The summed E-state index contributed by atoms with van der Waals surface area (Å²) < 4.78 is 1.27. The van der Waals surface area contributed by atoms with E-state index in [1.807, 2.05) is 12.1 Å². The largest absolute Gasteiger partial charge is 0.351 e. The third kappa shape index (κ3) is 3.25. The van der Waals surface area contributed by atoms with Crippen molar-refractivity contribution in [3.8, 4) is 0 Å². The summed E-state index contributed by atoms with van der Waals surface area (Å²) in [5.74, 6) is 0.994. The number of para-hydroxylation sites is 1. The molecule has 0 bridgehead atoms. The maximum absolute atomic E-state index is 4.75. The van der Waals surface area contributed by atoms with Gasteiger partial charge in [0.2, 0.25) is 0 Å². The third-order valence-electron chi connectivity index (χ3n) is 4.50. The summed E-state index contributed by atoms with van der Waals surface area (Å²) in [6.45, 7) is 2.98. The van der Waals surface area contributed by atoms with Gasteiger partial charge in [-0.25, -0.2) is 4.98 Å². The molecule has 0 amide bonds. The molecule has 0 unspecified atom stereocenters. The van der Waals surface area contributed by atoms with Crippen LogP contribution in [-0.2, 0) is 6.54 Å². The number of aromatic nitrogens is 3. The smallest absolute Gasteiger partial charge is 0.151 e. The minimum absolute atomic E-state index is 0.501. The fraction of sp³-hybridized carbons (Fsp3) is 0.389. The number of thiazole rings is 1. The number of fused-ring (bicyclic) bond motifs is 1. The Labute approximate surface area is 146 Å². The number of benzene rings is 1. The first-order chi connectivity index (χ1) is 11.8. The number of rotatable bonds is 5. The molecule has 24 heavy (non-hydrogen) atoms. The summed E-state index contributed by atoms with van der Waals surface area (Å²) >= 11 is 1.79. The molecule has 2 aromatic heterocycles. The molecule has 6 heteroatoms. The van der Waals surface area contributed by atoms with Gasteiger partial charge in [0.15, 0.2) is 5.82 Å². The molecule has 3 heterocycles. The van der Waals surface area contributed by atoms with Crippen molar-refractivity contribution in [1.82, 2.24) is 20.1 Å². The molecule has 0 radical (unpaired) electrons. The number of hydrogen-bond acceptors (Lipinski definition) is 6. The highest BCUT2D eigenvalue weighted by molar-refractivity contribution is 7.18. The molecule has 124 valence electrons. The zero-order valence-corrected chi connectivity index (χ0v) is 14.6. The SMILES string of the molecule is CN(Cc1nc2ccccc2s1)C[C@H]1CCCN1c1cccnn1. The fourth-order valence-corrected chi connectivity index (χ4v) is 4.46. The van der Waals surface area contributed by atoms with E-state index in [0.717, 1.165) is 31.0 Å². The first-order valence-electron chi connectivity index (χ1n) is 8.37. The van der Waals surface area contributed by atoms with Crippen LogP contribution in [0.4, 0.5) is 5.82 Å². The standard InChI is InChI=1S/C18H21N5S/c1-22(13-18-20-15-7-2-3-8-16(15)24-18)12-14-6-5-11-23(14)17-9-4-10-19-21-17/h2-4,7-10,14H,5-6,11-13H2,1H3/t14-/m1/s1. The van der Waals surface area contributed by atoms with Gasteiger partial charge in [-0.2, -0.15) is 5.10 Å². The van der Waals surface area contributed by atoms with Gasteiger partial charge >= 0.3 is 0 Å². The molecule has 4 rings (SSSR count). The quantitative estimate of drug-likeness (QED) is 0.714. The van der Waals surface area contributed by atoms with Crippen LogP contribution in [0, 0.1) is 0 Å².